The molecule has 3 fully saturated rings. The first-order valence-electron chi connectivity index (χ1n) is 24.8. The van der Waals surface area contributed by atoms with Crippen LogP contribution in [0.4, 0.5) is 59.3 Å². The molecule has 5 N–H and O–H groups in total. The van der Waals surface area contributed by atoms with Crippen LogP contribution in [0.2, 0.25) is 0 Å². The molecular weight excluding hydrogens is 1070 g/mol. The highest BCUT2D eigenvalue weighted by molar-refractivity contribution is 5.87. The number of anilines is 1. The van der Waals surface area contributed by atoms with E-state index in [1.54, 1.807) is 35.8 Å². The zero-order valence-corrected chi connectivity index (χ0v) is 43.6. The third kappa shape index (κ3) is 13.6. The predicted molar refractivity (Wildman–Crippen MR) is 263 cm³/mol. The molecule has 28 heteroatoms. The molecule has 3 aliphatic heterocycles. The van der Waals surface area contributed by atoms with Gasteiger partial charge < -0.3 is 40.2 Å². The van der Waals surface area contributed by atoms with Crippen LogP contribution in [0.15, 0.2) is 67.0 Å². The van der Waals surface area contributed by atoms with E-state index in [1.807, 2.05) is 17.4 Å². The molecule has 0 aliphatic carbocycles. The number of pyridine rings is 1. The van der Waals surface area contributed by atoms with Crippen LogP contribution in [0, 0.1) is 22.5 Å². The van der Waals surface area contributed by atoms with E-state index in [4.69, 9.17) is 9.72 Å². The number of likely N-dealkylation sites (tertiary alicyclic amines) is 1. The molecule has 2 aromatic carbocycles. The first-order valence-corrected chi connectivity index (χ1v) is 24.8. The van der Waals surface area contributed by atoms with Gasteiger partial charge in [0.25, 0.3) is 12.3 Å². The summed E-state index contributed by atoms with van der Waals surface area (Å²) in [6, 6.07) is 7.23. The number of methoxy groups -OCH3 is 2. The smallest absolute Gasteiger partial charge is 0.407 e. The monoisotopic (exact) mass is 1130 g/mol. The minimum Gasteiger partial charge on any atom is -0.453 e. The lowest BCUT2D eigenvalue weighted by molar-refractivity contribution is -0.221. The SMILES string of the molecule is COC(=O)N[C@H](C(=O)N[C@@H](Cc1ccc(-c2ccc(N3C[C@H]4C[C@@H]3CN4C3COC3)nc2)cc1)[C@@H](O)CN(Cc1c(F)cc(-c2ccn(CC(F)F)n2)cc1F)NC(=O)[C@@H](NC(=O)OC)C(C)(C)C(F)(F)F)C(C)(C)C(F)(F)F. The van der Waals surface area contributed by atoms with Gasteiger partial charge in [0.1, 0.15) is 36.1 Å². The van der Waals surface area contributed by atoms with Crippen molar-refractivity contribution in [1.82, 2.24) is 46.0 Å². The third-order valence-corrected chi connectivity index (χ3v) is 14.7. The van der Waals surface area contributed by atoms with Gasteiger partial charge in [-0.05, 0) is 82.0 Å². The fraction of sp³-hybridized carbons (Fsp3) is 0.529. The molecule has 432 valence electrons. The van der Waals surface area contributed by atoms with Gasteiger partial charge in [-0.2, -0.15) is 31.4 Å². The molecule has 0 unspecified atom stereocenters. The summed E-state index contributed by atoms with van der Waals surface area (Å²) >= 11 is 0. The molecule has 2 bridgehead atoms. The summed E-state index contributed by atoms with van der Waals surface area (Å²) in [7, 11) is 1.62. The van der Waals surface area contributed by atoms with Gasteiger partial charge in [-0.25, -0.2) is 37.1 Å². The van der Waals surface area contributed by atoms with Gasteiger partial charge in [0.05, 0.1) is 62.1 Å². The van der Waals surface area contributed by atoms with Crippen molar-refractivity contribution in [3.8, 4) is 22.4 Å². The molecule has 0 radical (unpaired) electrons. The number of aliphatic hydroxyl groups is 1. The number of halogens is 10. The van der Waals surface area contributed by atoms with E-state index in [-0.39, 0.29) is 11.3 Å². The average Bonchev–Trinajstić information content (AvgIpc) is 4.34. The van der Waals surface area contributed by atoms with Crippen molar-refractivity contribution >= 4 is 29.8 Å². The number of benzene rings is 2. The normalized spacial score (nSPS) is 18.7. The Labute approximate surface area is 447 Å². The largest absolute Gasteiger partial charge is 0.453 e. The molecule has 2 aromatic heterocycles. The molecule has 6 atom stereocenters. The maximum atomic E-state index is 16.1. The second kappa shape index (κ2) is 23.9. The average molecular weight is 1130 g/mol. The Morgan fingerprint density at radius 1 is 0.772 bits per heavy atom. The number of alkyl halides is 8. The number of piperazine rings is 1. The van der Waals surface area contributed by atoms with E-state index in [1.165, 1.54) is 6.07 Å². The minimum atomic E-state index is -5.22. The van der Waals surface area contributed by atoms with Crippen molar-refractivity contribution in [2.75, 3.05) is 52.0 Å². The van der Waals surface area contributed by atoms with Gasteiger partial charge in [-0.3, -0.25) is 24.6 Å². The van der Waals surface area contributed by atoms with Crippen LogP contribution in [-0.4, -0.2) is 162 Å². The van der Waals surface area contributed by atoms with Crippen molar-refractivity contribution in [1.29, 1.82) is 0 Å². The highest BCUT2D eigenvalue weighted by Gasteiger charge is 2.57. The van der Waals surface area contributed by atoms with Gasteiger partial charge in [-0.1, -0.05) is 24.3 Å². The van der Waals surface area contributed by atoms with Crippen molar-refractivity contribution in [3.63, 3.8) is 0 Å². The number of carbonyl (C=O) groups is 4. The zero-order chi connectivity index (χ0) is 57.9. The van der Waals surface area contributed by atoms with Crippen molar-refractivity contribution in [2.24, 2.45) is 10.8 Å². The number of aromatic nitrogens is 3. The Bertz CT molecular complexity index is 2770. The standard InChI is InChI=1S/C51H60F10N10O8/c1-48(2,50(56,57)58)42(64-46(75)77-5)44(73)63-38(15-27-7-9-28(10-8-27)29-11-12-41(62-19-29)71-21-31-18-32(71)20-70(31)33-25-79-26-33)39(72)23-69(67-45(74)43(65-47(76)78-6)49(3,4)51(59,60)61)22-34-35(52)16-30(17-36(34)53)37-13-14-68(66-37)24-40(54)55/h7-14,16-17,19,31-33,38-40,42-43,72H,15,18,20-26H2,1-6H3,(H,63,73)(H,64,75)(H,65,76)(H,67,74)/t31-,32-,38+,39+,42-,43-/m1/s1. The van der Waals surface area contributed by atoms with Crippen LogP contribution in [0.25, 0.3) is 22.4 Å². The number of hydrazine groups is 1. The Hall–Kier alpha value is -6.78. The quantitative estimate of drug-likeness (QED) is 0.0456. The molecule has 7 rings (SSSR count). The van der Waals surface area contributed by atoms with Crippen molar-refractivity contribution < 1.29 is 82.4 Å². The lowest BCUT2D eigenvalue weighted by Crippen LogP contribution is -2.63. The molecule has 5 heterocycles. The van der Waals surface area contributed by atoms with Crippen LogP contribution in [0.1, 0.15) is 45.2 Å². The van der Waals surface area contributed by atoms with Crippen LogP contribution >= 0.6 is 0 Å². The van der Waals surface area contributed by atoms with Crippen LogP contribution < -0.4 is 26.3 Å². The second-order valence-electron chi connectivity index (χ2n) is 20.7. The third-order valence-electron chi connectivity index (χ3n) is 14.7. The number of rotatable bonds is 21. The van der Waals surface area contributed by atoms with Gasteiger partial charge in [0.2, 0.25) is 5.91 Å². The summed E-state index contributed by atoms with van der Waals surface area (Å²) < 4.78 is 161. The Morgan fingerprint density at radius 3 is 1.85 bits per heavy atom. The number of nitrogens with one attached hydrogen (secondary N) is 4. The molecule has 3 aliphatic rings. The lowest BCUT2D eigenvalue weighted by atomic mass is 9.82. The number of aliphatic hydroxyl groups excluding tert-OH is 1. The molecular formula is C51H60F10N10O8. The van der Waals surface area contributed by atoms with Gasteiger partial charge in [-0.15, -0.1) is 0 Å². The summed E-state index contributed by atoms with van der Waals surface area (Å²) in [6.45, 7) is 2.41. The number of alkyl carbamates (subject to hydrolysis) is 2. The predicted octanol–water partition coefficient (Wildman–Crippen LogP) is 6.36. The molecule has 0 spiro atoms. The number of carbonyl (C=O) groups excluding carboxylic acids is 4. The molecule has 4 amide bonds. The molecule has 0 saturated carbocycles. The van der Waals surface area contributed by atoms with E-state index in [0.29, 0.717) is 67.5 Å². The van der Waals surface area contributed by atoms with E-state index in [0.717, 1.165) is 75.8 Å². The summed E-state index contributed by atoms with van der Waals surface area (Å²) in [5.74, 6) is -5.15. The molecule has 18 nitrogen and oxygen atoms in total. The number of hydrogen-bond acceptors (Lipinski definition) is 13. The van der Waals surface area contributed by atoms with E-state index < -0.39 is 121 Å². The van der Waals surface area contributed by atoms with Crippen LogP contribution in [0.3, 0.4) is 0 Å². The fourth-order valence-corrected chi connectivity index (χ4v) is 9.61. The highest BCUT2D eigenvalue weighted by atomic mass is 19.4. The highest BCUT2D eigenvalue weighted by Crippen LogP contribution is 2.42. The first-order chi connectivity index (χ1) is 37.0. The van der Waals surface area contributed by atoms with E-state index in [2.05, 4.69) is 35.1 Å². The molecule has 79 heavy (non-hydrogen) atoms. The minimum absolute atomic E-state index is 0.150. The van der Waals surface area contributed by atoms with Gasteiger partial charge >= 0.3 is 24.5 Å². The fourth-order valence-electron chi connectivity index (χ4n) is 9.61. The topological polar surface area (TPSA) is 205 Å². The number of fused-ring (bicyclic) bond motifs is 2. The maximum Gasteiger partial charge on any atom is 0.407 e. The number of nitrogens with zero attached hydrogens (tertiary/aromatic N) is 6. The van der Waals surface area contributed by atoms with E-state index >= 15 is 8.78 Å². The Balaban J connectivity index is 1.20. The first kappa shape index (κ1) is 59.9. The van der Waals surface area contributed by atoms with Gasteiger partial charge in [0.15, 0.2) is 0 Å². The molecule has 3 saturated heterocycles. The lowest BCUT2D eigenvalue weighted by Gasteiger charge is -2.42. The zero-order valence-electron chi connectivity index (χ0n) is 43.6. The number of ether oxygens (including phenoxy) is 3. The van der Waals surface area contributed by atoms with Gasteiger partial charge in [0, 0.05) is 67.3 Å². The Morgan fingerprint density at radius 2 is 1.35 bits per heavy atom. The second-order valence-corrected chi connectivity index (χ2v) is 20.7. The summed E-state index contributed by atoms with van der Waals surface area (Å²) in [5, 5.41) is 22.5. The number of amides is 4. The number of hydrogen-bond donors (Lipinski definition) is 5. The van der Waals surface area contributed by atoms with Crippen molar-refractivity contribution in [2.45, 2.75) is 115 Å². The maximum absolute atomic E-state index is 16.1. The summed E-state index contributed by atoms with van der Waals surface area (Å²) in [5.41, 5.74) is -3.71. The van der Waals surface area contributed by atoms with Crippen LogP contribution in [-0.2, 0) is 43.3 Å². The summed E-state index contributed by atoms with van der Waals surface area (Å²) in [4.78, 5) is 62.5. The van der Waals surface area contributed by atoms with E-state index in [9.17, 15) is 59.4 Å². The Kier molecular flexibility index (Phi) is 18.1. The summed E-state index contributed by atoms with van der Waals surface area (Å²) in [6.07, 6.45) is -14.9. The van der Waals surface area contributed by atoms with Crippen LogP contribution in [0.5, 0.6) is 0 Å². The molecule has 4 aromatic rings. The van der Waals surface area contributed by atoms with Crippen molar-refractivity contribution in [3.05, 3.63) is 89.8 Å².